The average Bonchev–Trinajstić information content (AvgIpc) is 2.21. The lowest BCUT2D eigenvalue weighted by molar-refractivity contribution is -0.159. The molecule has 12 heavy (non-hydrogen) atoms. The lowest BCUT2D eigenvalue weighted by atomic mass is 9.40. The third kappa shape index (κ3) is 0.615. The van der Waals surface area contributed by atoms with Gasteiger partial charge in [0.15, 0.2) is 0 Å². The summed E-state index contributed by atoms with van der Waals surface area (Å²) in [4.78, 5) is 0. The Hall–Kier alpha value is 0.350. The molecule has 0 aliphatic heterocycles. The molecule has 3 saturated carbocycles. The van der Waals surface area contributed by atoms with Crippen LogP contribution in [0.4, 0.5) is 0 Å². The van der Waals surface area contributed by atoms with Crippen molar-refractivity contribution in [3.63, 3.8) is 0 Å². The predicted octanol–water partition coefficient (Wildman–Crippen LogP) is 2.99. The van der Waals surface area contributed by atoms with Gasteiger partial charge in [-0.1, -0.05) is 13.3 Å². The summed E-state index contributed by atoms with van der Waals surface area (Å²) in [7, 11) is 0. The maximum Gasteiger partial charge on any atom is -0.00382 e. The van der Waals surface area contributed by atoms with Crippen LogP contribution < -0.4 is 0 Å². The zero-order chi connectivity index (χ0) is 8.34. The Kier molecular flexibility index (Phi) is 1.44. The summed E-state index contributed by atoms with van der Waals surface area (Å²) in [6.45, 7) is 2.37. The summed E-state index contributed by atoms with van der Waals surface area (Å²) in [6.07, 6.45) is 5.99. The van der Waals surface area contributed by atoms with Crippen molar-refractivity contribution in [2.75, 3.05) is 5.75 Å². The van der Waals surface area contributed by atoms with E-state index in [1.807, 2.05) is 0 Å². The molecule has 0 N–H and O–H groups in total. The van der Waals surface area contributed by atoms with Crippen LogP contribution in [0.1, 0.15) is 32.6 Å². The maximum atomic E-state index is 4.53. The Balaban J connectivity index is 1.82. The second-order valence-corrected chi connectivity index (χ2v) is 5.51. The SMILES string of the molecule is CCC1C2CCC3(CS)CC1C23. The average molecular weight is 182 g/mol. The number of thiol groups is 1. The van der Waals surface area contributed by atoms with Crippen molar-refractivity contribution in [3.8, 4) is 0 Å². The van der Waals surface area contributed by atoms with Crippen molar-refractivity contribution in [1.82, 2.24) is 0 Å². The molecule has 0 heterocycles. The van der Waals surface area contributed by atoms with Crippen LogP contribution in [0.2, 0.25) is 0 Å². The van der Waals surface area contributed by atoms with E-state index in [1.165, 1.54) is 31.4 Å². The first-order valence-corrected chi connectivity index (χ1v) is 6.06. The van der Waals surface area contributed by atoms with Gasteiger partial charge >= 0.3 is 0 Å². The Labute approximate surface area is 80.5 Å². The summed E-state index contributed by atoms with van der Waals surface area (Å²) in [5.74, 6) is 5.67. The molecule has 0 saturated heterocycles. The van der Waals surface area contributed by atoms with Crippen LogP contribution in [0.15, 0.2) is 0 Å². The van der Waals surface area contributed by atoms with Gasteiger partial charge in [-0.3, -0.25) is 0 Å². The van der Waals surface area contributed by atoms with E-state index < -0.39 is 0 Å². The quantitative estimate of drug-likeness (QED) is 0.624. The molecule has 0 amide bonds. The molecule has 0 aromatic rings. The van der Waals surface area contributed by atoms with Gasteiger partial charge in [-0.2, -0.15) is 12.6 Å². The van der Waals surface area contributed by atoms with E-state index in [4.69, 9.17) is 0 Å². The zero-order valence-corrected chi connectivity index (χ0v) is 8.69. The van der Waals surface area contributed by atoms with Crippen molar-refractivity contribution >= 4 is 12.6 Å². The van der Waals surface area contributed by atoms with E-state index in [-0.39, 0.29) is 0 Å². The number of hydrogen-bond donors (Lipinski definition) is 1. The molecule has 1 heteroatoms. The van der Waals surface area contributed by atoms with Crippen molar-refractivity contribution < 1.29 is 0 Å². The Bertz CT molecular complexity index is 213. The normalized spacial score (nSPS) is 60.5. The number of rotatable bonds is 2. The van der Waals surface area contributed by atoms with Crippen LogP contribution in [0.5, 0.6) is 0 Å². The zero-order valence-electron chi connectivity index (χ0n) is 7.79. The van der Waals surface area contributed by atoms with Crippen LogP contribution in [0, 0.1) is 29.1 Å². The summed E-state index contributed by atoms with van der Waals surface area (Å²) in [5.41, 5.74) is 0.740. The third-order valence-electron chi connectivity index (χ3n) is 5.13. The van der Waals surface area contributed by atoms with Crippen LogP contribution in [0.3, 0.4) is 0 Å². The van der Waals surface area contributed by atoms with Gasteiger partial charge in [0, 0.05) is 0 Å². The standard InChI is InChI=1S/C11H18S/c1-2-7-8-3-4-11(6-12)5-9(7)10(8)11/h7-10,12H,2-6H2,1H3. The van der Waals surface area contributed by atoms with E-state index in [1.54, 1.807) is 0 Å². The Morgan fingerprint density at radius 2 is 2.25 bits per heavy atom. The highest BCUT2D eigenvalue weighted by Gasteiger charge is 2.69. The molecule has 0 spiro atoms. The van der Waals surface area contributed by atoms with Crippen molar-refractivity contribution in [3.05, 3.63) is 0 Å². The first-order valence-electron chi connectivity index (χ1n) is 5.43. The minimum absolute atomic E-state index is 0.740. The van der Waals surface area contributed by atoms with Gasteiger partial charge in [-0.05, 0) is 54.1 Å². The summed E-state index contributed by atoms with van der Waals surface area (Å²) in [5, 5.41) is 0. The van der Waals surface area contributed by atoms with E-state index in [2.05, 4.69) is 19.6 Å². The highest BCUT2D eigenvalue weighted by molar-refractivity contribution is 7.80. The monoisotopic (exact) mass is 182 g/mol. The van der Waals surface area contributed by atoms with Gasteiger partial charge < -0.3 is 0 Å². The van der Waals surface area contributed by atoms with E-state index in [0.717, 1.165) is 29.1 Å². The Morgan fingerprint density at radius 1 is 1.42 bits per heavy atom. The molecule has 0 radical (unpaired) electrons. The van der Waals surface area contributed by atoms with Crippen LogP contribution in [0.25, 0.3) is 0 Å². The first kappa shape index (κ1) is 7.73. The second kappa shape index (κ2) is 2.23. The van der Waals surface area contributed by atoms with Crippen molar-refractivity contribution in [1.29, 1.82) is 0 Å². The van der Waals surface area contributed by atoms with Crippen LogP contribution in [-0.4, -0.2) is 5.75 Å². The fourth-order valence-corrected chi connectivity index (χ4v) is 5.12. The van der Waals surface area contributed by atoms with Gasteiger partial charge in [0.05, 0.1) is 0 Å². The molecule has 68 valence electrons. The molecule has 3 aliphatic carbocycles. The highest BCUT2D eigenvalue weighted by Crippen LogP contribution is 2.75. The fraction of sp³-hybridized carbons (Fsp3) is 1.00. The second-order valence-electron chi connectivity index (χ2n) is 5.19. The van der Waals surface area contributed by atoms with Crippen molar-refractivity contribution in [2.45, 2.75) is 32.6 Å². The molecule has 0 aromatic heterocycles. The molecule has 5 unspecified atom stereocenters. The molecule has 3 fully saturated rings. The Morgan fingerprint density at radius 3 is 2.92 bits per heavy atom. The van der Waals surface area contributed by atoms with Gasteiger partial charge in [-0.15, -0.1) is 0 Å². The van der Waals surface area contributed by atoms with Crippen LogP contribution in [-0.2, 0) is 0 Å². The van der Waals surface area contributed by atoms with Gasteiger partial charge in [0.2, 0.25) is 0 Å². The van der Waals surface area contributed by atoms with Crippen LogP contribution >= 0.6 is 12.6 Å². The smallest absolute Gasteiger partial charge is 0.00382 e. The molecular weight excluding hydrogens is 164 g/mol. The fourth-order valence-electron chi connectivity index (χ4n) is 4.62. The van der Waals surface area contributed by atoms with Crippen molar-refractivity contribution in [2.24, 2.45) is 29.1 Å². The molecule has 0 aromatic carbocycles. The van der Waals surface area contributed by atoms with E-state index in [9.17, 15) is 0 Å². The molecular formula is C11H18S. The summed E-state index contributed by atoms with van der Waals surface area (Å²) in [6, 6.07) is 0. The van der Waals surface area contributed by atoms with E-state index in [0.29, 0.717) is 0 Å². The molecule has 5 atom stereocenters. The predicted molar refractivity (Wildman–Crippen MR) is 54.4 cm³/mol. The molecule has 0 bridgehead atoms. The van der Waals surface area contributed by atoms with Gasteiger partial charge in [-0.25, -0.2) is 0 Å². The molecule has 3 rings (SSSR count). The lowest BCUT2D eigenvalue weighted by Crippen LogP contribution is -2.60. The highest BCUT2D eigenvalue weighted by atomic mass is 32.1. The summed E-state index contributed by atoms with van der Waals surface area (Å²) >= 11 is 4.53. The van der Waals surface area contributed by atoms with Gasteiger partial charge in [0.25, 0.3) is 0 Å². The third-order valence-corrected chi connectivity index (χ3v) is 5.76. The minimum Gasteiger partial charge on any atom is -0.179 e. The maximum absolute atomic E-state index is 4.53. The van der Waals surface area contributed by atoms with Gasteiger partial charge in [0.1, 0.15) is 0 Å². The lowest BCUT2D eigenvalue weighted by Gasteiger charge is -2.65. The first-order chi connectivity index (χ1) is 5.82. The summed E-state index contributed by atoms with van der Waals surface area (Å²) < 4.78 is 0. The minimum atomic E-state index is 0.740. The topological polar surface area (TPSA) is 0 Å². The van der Waals surface area contributed by atoms with E-state index >= 15 is 0 Å². The molecule has 3 aliphatic rings. The largest absolute Gasteiger partial charge is 0.179 e. The number of hydrogen-bond acceptors (Lipinski definition) is 1. The molecule has 0 nitrogen and oxygen atoms in total.